The van der Waals surface area contributed by atoms with Crippen LogP contribution in [0.15, 0.2) is 0 Å². The van der Waals surface area contributed by atoms with Gasteiger partial charge in [0.15, 0.2) is 0 Å². The molecule has 0 spiro atoms. The van der Waals surface area contributed by atoms with Crippen molar-refractivity contribution in [2.45, 2.75) is 64.5 Å². The van der Waals surface area contributed by atoms with E-state index in [-0.39, 0.29) is 12.0 Å². The summed E-state index contributed by atoms with van der Waals surface area (Å²) in [7, 11) is 0. The fraction of sp³-hybridized carbons (Fsp3) is 0.938. The number of nitrogens with one attached hydrogen (secondary N) is 1. The average Bonchev–Trinajstić information content (AvgIpc) is 2.42. The summed E-state index contributed by atoms with van der Waals surface area (Å²) in [6, 6.07) is 0.381. The van der Waals surface area contributed by atoms with Crippen molar-refractivity contribution < 1.29 is 9.90 Å². The molecule has 1 aliphatic heterocycles. The number of likely N-dealkylation sites (tertiary alicyclic amines) is 1. The van der Waals surface area contributed by atoms with E-state index >= 15 is 0 Å². The molecule has 0 radical (unpaired) electrons. The van der Waals surface area contributed by atoms with Crippen LogP contribution in [-0.4, -0.2) is 47.7 Å². The Morgan fingerprint density at radius 1 is 1.25 bits per heavy atom. The zero-order chi connectivity index (χ0) is 14.5. The lowest BCUT2D eigenvalue weighted by atomic mass is 9.86. The van der Waals surface area contributed by atoms with Gasteiger partial charge in [-0.15, -0.1) is 0 Å². The van der Waals surface area contributed by atoms with Crippen molar-refractivity contribution in [2.24, 2.45) is 11.8 Å². The average molecular weight is 282 g/mol. The van der Waals surface area contributed by atoms with Crippen LogP contribution in [-0.2, 0) is 4.79 Å². The smallest absolute Gasteiger partial charge is 0.234 e. The van der Waals surface area contributed by atoms with Crippen LogP contribution in [0.2, 0.25) is 0 Å². The first-order valence-corrected chi connectivity index (χ1v) is 8.26. The van der Waals surface area contributed by atoms with Gasteiger partial charge in [0.25, 0.3) is 0 Å². The molecule has 1 heterocycles. The second-order valence-electron chi connectivity index (χ2n) is 6.79. The van der Waals surface area contributed by atoms with Gasteiger partial charge in [-0.25, -0.2) is 0 Å². The highest BCUT2D eigenvalue weighted by atomic mass is 16.3. The molecule has 0 bridgehead atoms. The number of piperidine rings is 1. The summed E-state index contributed by atoms with van der Waals surface area (Å²) >= 11 is 0. The van der Waals surface area contributed by atoms with E-state index in [1.807, 2.05) is 6.92 Å². The zero-order valence-corrected chi connectivity index (χ0v) is 13.0. The van der Waals surface area contributed by atoms with E-state index < -0.39 is 0 Å². The van der Waals surface area contributed by atoms with Gasteiger partial charge in [0.1, 0.15) is 0 Å². The minimum atomic E-state index is -0.214. The lowest BCUT2D eigenvalue weighted by Gasteiger charge is -2.34. The van der Waals surface area contributed by atoms with Crippen molar-refractivity contribution in [2.75, 3.05) is 19.6 Å². The minimum absolute atomic E-state index is 0.180. The van der Waals surface area contributed by atoms with Crippen molar-refractivity contribution in [3.8, 4) is 0 Å². The molecule has 2 fully saturated rings. The lowest BCUT2D eigenvalue weighted by molar-refractivity contribution is -0.124. The summed E-state index contributed by atoms with van der Waals surface area (Å²) in [5.41, 5.74) is 0. The fourth-order valence-electron chi connectivity index (χ4n) is 3.58. The molecule has 1 aliphatic carbocycles. The van der Waals surface area contributed by atoms with Gasteiger partial charge in [-0.1, -0.05) is 19.8 Å². The van der Waals surface area contributed by atoms with Gasteiger partial charge in [-0.3, -0.25) is 9.69 Å². The molecule has 3 atom stereocenters. The summed E-state index contributed by atoms with van der Waals surface area (Å²) < 4.78 is 0. The second-order valence-corrected chi connectivity index (χ2v) is 6.79. The molecule has 1 saturated heterocycles. The summed E-state index contributed by atoms with van der Waals surface area (Å²) in [6.07, 6.45) is 6.72. The first-order valence-electron chi connectivity index (χ1n) is 8.26. The van der Waals surface area contributed by atoms with Crippen molar-refractivity contribution >= 4 is 5.91 Å². The van der Waals surface area contributed by atoms with Crippen LogP contribution in [0.4, 0.5) is 0 Å². The number of nitrogens with zero attached hydrogens (tertiary/aromatic N) is 1. The summed E-state index contributed by atoms with van der Waals surface area (Å²) in [6.45, 7) is 6.51. The molecule has 116 valence electrons. The topological polar surface area (TPSA) is 52.6 Å². The molecule has 0 aromatic carbocycles. The first kappa shape index (κ1) is 15.8. The third-order valence-corrected chi connectivity index (χ3v) is 5.14. The first-order chi connectivity index (χ1) is 9.56. The Balaban J connectivity index is 1.70. The van der Waals surface area contributed by atoms with E-state index in [1.54, 1.807) is 0 Å². The molecular weight excluding hydrogens is 252 g/mol. The van der Waals surface area contributed by atoms with Gasteiger partial charge in [0, 0.05) is 6.04 Å². The van der Waals surface area contributed by atoms with Gasteiger partial charge >= 0.3 is 0 Å². The molecule has 4 heteroatoms. The summed E-state index contributed by atoms with van der Waals surface area (Å²) in [5.74, 6) is 1.21. The Kier molecular flexibility index (Phi) is 5.85. The predicted octanol–water partition coefficient (Wildman–Crippen LogP) is 1.77. The number of aliphatic hydroxyl groups is 1. The Morgan fingerprint density at radius 3 is 2.50 bits per heavy atom. The van der Waals surface area contributed by atoms with E-state index in [1.165, 1.54) is 19.3 Å². The summed E-state index contributed by atoms with van der Waals surface area (Å²) in [4.78, 5) is 14.4. The van der Waals surface area contributed by atoms with Crippen LogP contribution < -0.4 is 5.32 Å². The highest BCUT2D eigenvalue weighted by molar-refractivity contribution is 5.78. The van der Waals surface area contributed by atoms with Gasteiger partial charge in [-0.2, -0.15) is 0 Å². The Bertz CT molecular complexity index is 312. The molecule has 0 aromatic rings. The maximum absolute atomic E-state index is 12.1. The Labute approximate surface area is 122 Å². The van der Waals surface area contributed by atoms with E-state index in [0.717, 1.165) is 32.4 Å². The number of hydrogen-bond acceptors (Lipinski definition) is 3. The van der Waals surface area contributed by atoms with E-state index in [0.29, 0.717) is 24.4 Å². The Hall–Kier alpha value is -0.610. The third-order valence-electron chi connectivity index (χ3n) is 5.14. The van der Waals surface area contributed by atoms with Crippen molar-refractivity contribution in [1.29, 1.82) is 0 Å². The fourth-order valence-corrected chi connectivity index (χ4v) is 3.58. The maximum Gasteiger partial charge on any atom is 0.234 e. The molecule has 4 nitrogen and oxygen atoms in total. The normalized spacial score (nSPS) is 30.9. The zero-order valence-electron chi connectivity index (χ0n) is 13.0. The molecule has 2 aliphatic rings. The largest absolute Gasteiger partial charge is 0.393 e. The number of hydrogen-bond donors (Lipinski definition) is 2. The van der Waals surface area contributed by atoms with Crippen molar-refractivity contribution in [3.63, 3.8) is 0 Å². The molecule has 2 rings (SSSR count). The van der Waals surface area contributed by atoms with Gasteiger partial charge in [0.05, 0.1) is 12.6 Å². The van der Waals surface area contributed by atoms with Crippen molar-refractivity contribution in [1.82, 2.24) is 10.2 Å². The van der Waals surface area contributed by atoms with Gasteiger partial charge < -0.3 is 10.4 Å². The predicted molar refractivity (Wildman–Crippen MR) is 80.4 cm³/mol. The number of carbonyl (C=O) groups is 1. The molecule has 1 amide bonds. The van der Waals surface area contributed by atoms with Crippen LogP contribution in [0.1, 0.15) is 52.4 Å². The van der Waals surface area contributed by atoms with Crippen LogP contribution in [0.5, 0.6) is 0 Å². The highest BCUT2D eigenvalue weighted by Gasteiger charge is 2.26. The number of amides is 1. The maximum atomic E-state index is 12.1. The van der Waals surface area contributed by atoms with Gasteiger partial charge in [0.2, 0.25) is 5.91 Å². The van der Waals surface area contributed by atoms with Gasteiger partial charge in [-0.05, 0) is 57.5 Å². The minimum Gasteiger partial charge on any atom is -0.393 e. The molecule has 0 unspecified atom stereocenters. The highest BCUT2D eigenvalue weighted by Crippen LogP contribution is 2.24. The standard InChI is InChI=1S/C16H30N2O2/c1-12-5-3-4-6-15(12)17-16(20)11-18-9-7-14(8-10-18)13(2)19/h12-15,19H,3-11H2,1-2H3,(H,17,20)/t12-,13-,15+/m0/s1. The third kappa shape index (κ3) is 4.45. The molecule has 1 saturated carbocycles. The van der Waals surface area contributed by atoms with Crippen LogP contribution >= 0.6 is 0 Å². The molecule has 20 heavy (non-hydrogen) atoms. The summed E-state index contributed by atoms with van der Waals surface area (Å²) in [5, 5.41) is 12.8. The molecular formula is C16H30N2O2. The van der Waals surface area contributed by atoms with E-state index in [2.05, 4.69) is 17.1 Å². The second kappa shape index (κ2) is 7.41. The van der Waals surface area contributed by atoms with Crippen LogP contribution in [0.3, 0.4) is 0 Å². The lowest BCUT2D eigenvalue weighted by Crippen LogP contribution is -2.47. The number of carbonyl (C=O) groups excluding carboxylic acids is 1. The quantitative estimate of drug-likeness (QED) is 0.826. The van der Waals surface area contributed by atoms with Crippen LogP contribution in [0.25, 0.3) is 0 Å². The number of rotatable bonds is 4. The van der Waals surface area contributed by atoms with E-state index in [9.17, 15) is 9.90 Å². The molecule has 2 N–H and O–H groups in total. The molecule has 0 aromatic heterocycles. The monoisotopic (exact) mass is 282 g/mol. The SMILES string of the molecule is C[C@H](O)C1CCN(CC(=O)N[C@@H]2CCCC[C@@H]2C)CC1. The van der Waals surface area contributed by atoms with E-state index in [4.69, 9.17) is 0 Å². The van der Waals surface area contributed by atoms with Crippen LogP contribution in [0, 0.1) is 11.8 Å². The van der Waals surface area contributed by atoms with Crippen molar-refractivity contribution in [3.05, 3.63) is 0 Å². The Morgan fingerprint density at radius 2 is 1.90 bits per heavy atom. The number of aliphatic hydroxyl groups excluding tert-OH is 1.